The first-order valence-electron chi connectivity index (χ1n) is 5.07. The van der Waals surface area contributed by atoms with E-state index in [1.807, 2.05) is 0 Å². The molecule has 0 fully saturated rings. The van der Waals surface area contributed by atoms with Crippen molar-refractivity contribution in [2.45, 2.75) is 19.6 Å². The minimum Gasteiger partial charge on any atom is -0.329 e. The van der Waals surface area contributed by atoms with Crippen molar-refractivity contribution in [3.05, 3.63) is 46.8 Å². The van der Waals surface area contributed by atoms with Crippen molar-refractivity contribution >= 4 is 11.6 Å². The van der Waals surface area contributed by atoms with Gasteiger partial charge >= 0.3 is 6.18 Å². The van der Waals surface area contributed by atoms with Crippen LogP contribution in [0, 0.1) is 6.92 Å². The third kappa shape index (κ3) is 2.64. The van der Waals surface area contributed by atoms with E-state index in [1.165, 1.54) is 0 Å². The molecule has 2 rings (SSSR count). The lowest BCUT2D eigenvalue weighted by molar-refractivity contribution is -0.137. The van der Waals surface area contributed by atoms with Gasteiger partial charge in [0.05, 0.1) is 22.8 Å². The quantitative estimate of drug-likeness (QED) is 0.842. The van der Waals surface area contributed by atoms with Crippen molar-refractivity contribution < 1.29 is 13.2 Å². The molecule has 0 N–H and O–H groups in total. The van der Waals surface area contributed by atoms with Crippen molar-refractivity contribution in [1.29, 1.82) is 0 Å². The number of halogens is 4. The zero-order chi connectivity index (χ0) is 13.3. The van der Waals surface area contributed by atoms with Crippen molar-refractivity contribution in [1.82, 2.24) is 14.5 Å². The topological polar surface area (TPSA) is 30.7 Å². The highest BCUT2D eigenvalue weighted by molar-refractivity contribution is 6.31. The van der Waals surface area contributed by atoms with Gasteiger partial charge in [-0.2, -0.15) is 13.2 Å². The molecule has 0 aliphatic rings. The molecule has 2 aromatic rings. The average molecular weight is 276 g/mol. The predicted molar refractivity (Wildman–Crippen MR) is 60.3 cm³/mol. The van der Waals surface area contributed by atoms with E-state index in [4.69, 9.17) is 11.6 Å². The summed E-state index contributed by atoms with van der Waals surface area (Å²) in [4.78, 5) is 7.77. The third-order valence-electron chi connectivity index (χ3n) is 2.49. The maximum absolute atomic E-state index is 12.4. The fourth-order valence-corrected chi connectivity index (χ4v) is 1.70. The Hall–Kier alpha value is -1.56. The molecule has 3 nitrogen and oxygen atoms in total. The molecule has 7 heteroatoms. The van der Waals surface area contributed by atoms with E-state index in [-0.39, 0.29) is 5.02 Å². The molecule has 0 aromatic carbocycles. The number of imidazole rings is 1. The summed E-state index contributed by atoms with van der Waals surface area (Å²) >= 11 is 5.81. The van der Waals surface area contributed by atoms with Crippen LogP contribution < -0.4 is 0 Å². The summed E-state index contributed by atoms with van der Waals surface area (Å²) in [7, 11) is 0. The van der Waals surface area contributed by atoms with Crippen LogP contribution in [0.3, 0.4) is 0 Å². The lowest BCUT2D eigenvalue weighted by Gasteiger charge is -2.10. The van der Waals surface area contributed by atoms with Gasteiger partial charge < -0.3 is 4.57 Å². The highest BCUT2D eigenvalue weighted by atomic mass is 35.5. The van der Waals surface area contributed by atoms with Crippen LogP contribution >= 0.6 is 11.6 Å². The molecule has 0 saturated carbocycles. The van der Waals surface area contributed by atoms with Crippen LogP contribution in [-0.2, 0) is 12.7 Å². The van der Waals surface area contributed by atoms with E-state index in [1.54, 1.807) is 23.9 Å². The van der Waals surface area contributed by atoms with Crippen molar-refractivity contribution in [2.75, 3.05) is 0 Å². The fraction of sp³-hybridized carbons (Fsp3) is 0.273. The van der Waals surface area contributed by atoms with Gasteiger partial charge in [0.25, 0.3) is 0 Å². The molecule has 0 bridgehead atoms. The van der Waals surface area contributed by atoms with Gasteiger partial charge in [-0.25, -0.2) is 4.98 Å². The van der Waals surface area contributed by atoms with Crippen LogP contribution in [0.1, 0.15) is 17.1 Å². The molecule has 2 aromatic heterocycles. The molecule has 0 aliphatic heterocycles. The largest absolute Gasteiger partial charge is 0.417 e. The Morgan fingerprint density at radius 3 is 2.56 bits per heavy atom. The zero-order valence-corrected chi connectivity index (χ0v) is 10.1. The lowest BCUT2D eigenvalue weighted by Crippen LogP contribution is -2.08. The van der Waals surface area contributed by atoms with E-state index in [0.717, 1.165) is 18.1 Å². The molecule has 0 radical (unpaired) electrons. The van der Waals surface area contributed by atoms with Crippen molar-refractivity contribution in [2.24, 2.45) is 0 Å². The first-order chi connectivity index (χ1) is 8.38. The van der Waals surface area contributed by atoms with Crippen LogP contribution in [0.25, 0.3) is 0 Å². The molecule has 96 valence electrons. The van der Waals surface area contributed by atoms with Crippen molar-refractivity contribution in [3.63, 3.8) is 0 Å². The average Bonchev–Trinajstić information content (AvgIpc) is 2.66. The Morgan fingerprint density at radius 1 is 1.33 bits per heavy atom. The maximum Gasteiger partial charge on any atom is 0.417 e. The van der Waals surface area contributed by atoms with E-state index >= 15 is 0 Å². The summed E-state index contributed by atoms with van der Waals surface area (Å²) in [5, 5.41) is -0.00192. The number of hydrogen-bond donors (Lipinski definition) is 0. The normalized spacial score (nSPS) is 11.8. The first kappa shape index (κ1) is 12.9. The van der Waals surface area contributed by atoms with Gasteiger partial charge in [0.2, 0.25) is 0 Å². The summed E-state index contributed by atoms with van der Waals surface area (Å²) < 4.78 is 39.0. The van der Waals surface area contributed by atoms with E-state index in [0.29, 0.717) is 12.2 Å². The smallest absolute Gasteiger partial charge is 0.329 e. The Labute approximate surface area is 106 Å². The number of hydrogen-bond acceptors (Lipinski definition) is 2. The molecule has 0 amide bonds. The Balaban J connectivity index is 2.29. The fourth-order valence-electron chi connectivity index (χ4n) is 1.47. The second-order valence-electron chi connectivity index (χ2n) is 3.75. The minimum atomic E-state index is -4.43. The summed E-state index contributed by atoms with van der Waals surface area (Å²) in [6.07, 6.45) is -0.327. The predicted octanol–water partition coefficient (Wildman–Crippen LogP) is 3.31. The molecule has 0 spiro atoms. The van der Waals surface area contributed by atoms with E-state index in [9.17, 15) is 13.2 Å². The SMILES string of the molecule is Cc1nccn1Cc1ncc(C(F)(F)F)cc1Cl. The van der Waals surface area contributed by atoms with Crippen LogP contribution in [-0.4, -0.2) is 14.5 Å². The number of aromatic nitrogens is 3. The summed E-state index contributed by atoms with van der Waals surface area (Å²) in [6.45, 7) is 2.08. The summed E-state index contributed by atoms with van der Waals surface area (Å²) in [5.41, 5.74) is -0.468. The number of alkyl halides is 3. The maximum atomic E-state index is 12.4. The van der Waals surface area contributed by atoms with Crippen LogP contribution in [0.15, 0.2) is 24.7 Å². The third-order valence-corrected chi connectivity index (χ3v) is 2.82. The first-order valence-corrected chi connectivity index (χ1v) is 5.45. The molecule has 0 saturated heterocycles. The number of nitrogens with zero attached hydrogens (tertiary/aromatic N) is 3. The van der Waals surface area contributed by atoms with Gasteiger partial charge in [-0.3, -0.25) is 4.98 Å². The molecule has 0 unspecified atom stereocenters. The van der Waals surface area contributed by atoms with Gasteiger partial charge in [-0.1, -0.05) is 11.6 Å². The number of pyridine rings is 1. The monoisotopic (exact) mass is 275 g/mol. The van der Waals surface area contributed by atoms with Crippen LogP contribution in [0.5, 0.6) is 0 Å². The van der Waals surface area contributed by atoms with Gasteiger partial charge in [-0.15, -0.1) is 0 Å². The summed E-state index contributed by atoms with van der Waals surface area (Å²) in [6, 6.07) is 0.885. The van der Waals surface area contributed by atoms with Crippen LogP contribution in [0.4, 0.5) is 13.2 Å². The molecule has 2 heterocycles. The van der Waals surface area contributed by atoms with E-state index in [2.05, 4.69) is 9.97 Å². The molecule has 0 aliphatic carbocycles. The highest BCUT2D eigenvalue weighted by Gasteiger charge is 2.31. The second kappa shape index (κ2) is 4.61. The Kier molecular flexibility index (Phi) is 3.30. The minimum absolute atomic E-state index is 0.00192. The Morgan fingerprint density at radius 2 is 2.06 bits per heavy atom. The highest BCUT2D eigenvalue weighted by Crippen LogP contribution is 2.31. The number of rotatable bonds is 2. The molecule has 0 atom stereocenters. The zero-order valence-electron chi connectivity index (χ0n) is 9.37. The molecular weight excluding hydrogens is 267 g/mol. The van der Waals surface area contributed by atoms with Crippen LogP contribution in [0.2, 0.25) is 5.02 Å². The van der Waals surface area contributed by atoms with E-state index < -0.39 is 11.7 Å². The second-order valence-corrected chi connectivity index (χ2v) is 4.16. The van der Waals surface area contributed by atoms with Gasteiger partial charge in [0.15, 0.2) is 0 Å². The van der Waals surface area contributed by atoms with Gasteiger partial charge in [0, 0.05) is 18.6 Å². The molecular formula is C11H9ClF3N3. The number of aryl methyl sites for hydroxylation is 1. The molecule has 18 heavy (non-hydrogen) atoms. The lowest BCUT2D eigenvalue weighted by atomic mass is 10.2. The van der Waals surface area contributed by atoms with Crippen molar-refractivity contribution in [3.8, 4) is 0 Å². The van der Waals surface area contributed by atoms with Gasteiger partial charge in [0.1, 0.15) is 5.82 Å². The van der Waals surface area contributed by atoms with Gasteiger partial charge in [-0.05, 0) is 13.0 Å². The summed E-state index contributed by atoms with van der Waals surface area (Å²) in [5.74, 6) is 0.743. The Bertz CT molecular complexity index is 563. The standard InChI is InChI=1S/C11H9ClF3N3/c1-7-16-2-3-18(7)6-10-9(12)4-8(5-17-10)11(13,14)15/h2-5H,6H2,1H3.